The minimum atomic E-state index is -4.46. The Balaban J connectivity index is 2.30. The van der Waals surface area contributed by atoms with Gasteiger partial charge in [0.1, 0.15) is 6.61 Å². The Kier molecular flexibility index (Phi) is 6.21. The highest BCUT2D eigenvalue weighted by atomic mass is 32.2. The van der Waals surface area contributed by atoms with Crippen molar-refractivity contribution in [1.82, 2.24) is 9.03 Å². The fourth-order valence-electron chi connectivity index (χ4n) is 1.72. The molecule has 0 saturated carbocycles. The monoisotopic (exact) mass is 318 g/mol. The van der Waals surface area contributed by atoms with E-state index in [1.54, 1.807) is 0 Å². The normalized spacial score (nSPS) is 17.9. The lowest BCUT2D eigenvalue weighted by molar-refractivity contribution is -0.174. The number of nitrogens with zero attached hydrogens (tertiary/aromatic N) is 1. The zero-order valence-electron chi connectivity index (χ0n) is 10.8. The smallest absolute Gasteiger partial charge is 0.372 e. The van der Waals surface area contributed by atoms with E-state index in [-0.39, 0.29) is 0 Å². The zero-order chi connectivity index (χ0) is 15.2. The summed E-state index contributed by atoms with van der Waals surface area (Å²) < 4.78 is 66.0. The molecule has 0 bridgehead atoms. The lowest BCUT2D eigenvalue weighted by Crippen LogP contribution is -2.45. The molecule has 1 N–H and O–H groups in total. The maximum absolute atomic E-state index is 11.8. The van der Waals surface area contributed by atoms with Gasteiger partial charge in [-0.15, -0.1) is 0 Å². The van der Waals surface area contributed by atoms with Gasteiger partial charge >= 0.3 is 16.4 Å². The quantitative estimate of drug-likeness (QED) is 0.735. The number of nitrogens with one attached hydrogen (secondary N) is 1. The molecular weight excluding hydrogens is 301 g/mol. The van der Waals surface area contributed by atoms with Gasteiger partial charge in [0.2, 0.25) is 5.91 Å². The third-order valence-corrected chi connectivity index (χ3v) is 4.17. The highest BCUT2D eigenvalue weighted by Crippen LogP contribution is 2.14. The summed E-state index contributed by atoms with van der Waals surface area (Å²) in [5, 5.41) is 0. The highest BCUT2D eigenvalue weighted by Gasteiger charge is 2.28. The number of hydrogen-bond acceptors (Lipinski definition) is 4. The molecule has 1 saturated heterocycles. The molecule has 6 nitrogen and oxygen atoms in total. The van der Waals surface area contributed by atoms with Crippen LogP contribution in [0.5, 0.6) is 0 Å². The van der Waals surface area contributed by atoms with Crippen LogP contribution in [0.15, 0.2) is 0 Å². The summed E-state index contributed by atoms with van der Waals surface area (Å²) in [6, 6.07) is 0. The Morgan fingerprint density at radius 2 is 1.80 bits per heavy atom. The molecule has 1 fully saturated rings. The number of hydrogen-bond donors (Lipinski definition) is 1. The van der Waals surface area contributed by atoms with Crippen LogP contribution in [0.2, 0.25) is 0 Å². The Morgan fingerprint density at radius 1 is 1.20 bits per heavy atom. The molecule has 0 spiro atoms. The second-order valence-corrected chi connectivity index (χ2v) is 6.08. The van der Waals surface area contributed by atoms with Gasteiger partial charge < -0.3 is 4.74 Å². The molecule has 20 heavy (non-hydrogen) atoms. The predicted octanol–water partition coefficient (Wildman–Crippen LogP) is 0.802. The van der Waals surface area contributed by atoms with Gasteiger partial charge in [0.05, 0.1) is 13.0 Å². The standard InChI is InChI=1S/C10H17F3N2O4S/c11-10(12,13)8-19-7-4-9(16)14-20(17,18)15-5-2-1-3-6-15/h1-8H2,(H,14,16). The van der Waals surface area contributed by atoms with Crippen LogP contribution in [0.4, 0.5) is 13.2 Å². The number of amides is 1. The van der Waals surface area contributed by atoms with E-state index in [0.717, 1.165) is 23.6 Å². The summed E-state index contributed by atoms with van der Waals surface area (Å²) >= 11 is 0. The van der Waals surface area contributed by atoms with Gasteiger partial charge in [-0.1, -0.05) is 6.42 Å². The number of rotatable bonds is 6. The summed E-state index contributed by atoms with van der Waals surface area (Å²) in [6.45, 7) is -1.26. The average molecular weight is 318 g/mol. The first-order chi connectivity index (χ1) is 9.21. The molecule has 0 unspecified atom stereocenters. The summed E-state index contributed by atoms with van der Waals surface area (Å²) in [5.74, 6) is -0.877. The van der Waals surface area contributed by atoms with Crippen LogP contribution in [-0.4, -0.2) is 51.1 Å². The van der Waals surface area contributed by atoms with Gasteiger partial charge in [-0.05, 0) is 12.8 Å². The number of carbonyl (C=O) groups excluding carboxylic acids is 1. The number of carbonyl (C=O) groups is 1. The van der Waals surface area contributed by atoms with Crippen molar-refractivity contribution in [2.75, 3.05) is 26.3 Å². The SMILES string of the molecule is O=C(CCOCC(F)(F)F)NS(=O)(=O)N1CCCCC1. The fraction of sp³-hybridized carbons (Fsp3) is 0.900. The minimum absolute atomic E-state index is 0.340. The molecule has 1 heterocycles. The van der Waals surface area contributed by atoms with Crippen molar-refractivity contribution in [3.8, 4) is 0 Å². The van der Waals surface area contributed by atoms with Crippen molar-refractivity contribution in [2.24, 2.45) is 0 Å². The van der Waals surface area contributed by atoms with Gasteiger partial charge in [0.25, 0.3) is 0 Å². The van der Waals surface area contributed by atoms with Crippen molar-refractivity contribution < 1.29 is 31.1 Å². The van der Waals surface area contributed by atoms with Gasteiger partial charge in [-0.3, -0.25) is 4.79 Å². The molecule has 0 aliphatic carbocycles. The van der Waals surface area contributed by atoms with Crippen molar-refractivity contribution in [3.05, 3.63) is 0 Å². The van der Waals surface area contributed by atoms with Crippen LogP contribution in [0.1, 0.15) is 25.7 Å². The maximum Gasteiger partial charge on any atom is 0.411 e. The summed E-state index contributed by atoms with van der Waals surface area (Å²) in [7, 11) is -3.89. The average Bonchev–Trinajstić information content (AvgIpc) is 2.34. The number of ether oxygens (including phenoxy) is 1. The van der Waals surface area contributed by atoms with Crippen LogP contribution < -0.4 is 4.72 Å². The van der Waals surface area contributed by atoms with Crippen LogP contribution in [0.3, 0.4) is 0 Å². The molecule has 0 radical (unpaired) electrons. The summed E-state index contributed by atoms with van der Waals surface area (Å²) in [6.07, 6.45) is -2.52. The minimum Gasteiger partial charge on any atom is -0.372 e. The topological polar surface area (TPSA) is 75.7 Å². The Morgan fingerprint density at radius 3 is 2.35 bits per heavy atom. The van der Waals surface area contributed by atoms with Gasteiger partial charge in [0, 0.05) is 13.1 Å². The van der Waals surface area contributed by atoms with E-state index >= 15 is 0 Å². The Hall–Kier alpha value is -0.870. The first-order valence-electron chi connectivity index (χ1n) is 6.16. The second-order valence-electron chi connectivity index (χ2n) is 4.41. The fourth-order valence-corrected chi connectivity index (χ4v) is 2.98. The number of piperidine rings is 1. The molecule has 0 aromatic rings. The van der Waals surface area contributed by atoms with E-state index in [2.05, 4.69) is 4.74 Å². The van der Waals surface area contributed by atoms with Crippen LogP contribution in [0.25, 0.3) is 0 Å². The molecule has 1 aliphatic heterocycles. The predicted molar refractivity (Wildman–Crippen MR) is 64.0 cm³/mol. The van der Waals surface area contributed by atoms with E-state index in [0.29, 0.717) is 13.1 Å². The molecule has 1 rings (SSSR count). The highest BCUT2D eigenvalue weighted by molar-refractivity contribution is 7.87. The van der Waals surface area contributed by atoms with E-state index in [4.69, 9.17) is 0 Å². The Labute approximate surface area is 115 Å². The van der Waals surface area contributed by atoms with E-state index < -0.39 is 41.9 Å². The molecule has 0 aromatic heterocycles. The van der Waals surface area contributed by atoms with Crippen molar-refractivity contribution in [2.45, 2.75) is 31.9 Å². The lowest BCUT2D eigenvalue weighted by atomic mass is 10.2. The molecule has 0 atom stereocenters. The number of halogens is 3. The molecule has 10 heteroatoms. The van der Waals surface area contributed by atoms with E-state index in [1.165, 1.54) is 0 Å². The third kappa shape index (κ3) is 6.53. The molecule has 1 amide bonds. The first kappa shape index (κ1) is 17.2. The maximum atomic E-state index is 11.8. The van der Waals surface area contributed by atoms with Crippen LogP contribution in [0, 0.1) is 0 Å². The lowest BCUT2D eigenvalue weighted by Gasteiger charge is -2.25. The van der Waals surface area contributed by atoms with Crippen molar-refractivity contribution >= 4 is 16.1 Å². The van der Waals surface area contributed by atoms with Crippen LogP contribution in [-0.2, 0) is 19.7 Å². The largest absolute Gasteiger partial charge is 0.411 e. The second kappa shape index (κ2) is 7.23. The van der Waals surface area contributed by atoms with Gasteiger partial charge in [0.15, 0.2) is 0 Å². The Bertz CT molecular complexity index is 419. The summed E-state index contributed by atoms with van der Waals surface area (Å²) in [5.41, 5.74) is 0. The zero-order valence-corrected chi connectivity index (χ0v) is 11.6. The summed E-state index contributed by atoms with van der Waals surface area (Å²) in [4.78, 5) is 11.3. The van der Waals surface area contributed by atoms with Crippen molar-refractivity contribution in [1.29, 1.82) is 0 Å². The number of alkyl halides is 3. The molecule has 118 valence electrons. The molecule has 1 aliphatic rings. The first-order valence-corrected chi connectivity index (χ1v) is 7.60. The third-order valence-electron chi connectivity index (χ3n) is 2.64. The van der Waals surface area contributed by atoms with Crippen molar-refractivity contribution in [3.63, 3.8) is 0 Å². The van der Waals surface area contributed by atoms with Crippen LogP contribution >= 0.6 is 0 Å². The molecule has 0 aromatic carbocycles. The molecular formula is C10H17F3N2O4S. The van der Waals surface area contributed by atoms with Gasteiger partial charge in [-0.25, -0.2) is 4.72 Å². The van der Waals surface area contributed by atoms with Gasteiger partial charge in [-0.2, -0.15) is 25.9 Å². The van der Waals surface area contributed by atoms with E-state index in [9.17, 15) is 26.4 Å². The van der Waals surface area contributed by atoms with E-state index in [1.807, 2.05) is 4.72 Å².